The van der Waals surface area contributed by atoms with Crippen molar-refractivity contribution in [2.24, 2.45) is 5.73 Å². The number of nitrogens with zero attached hydrogens (tertiary/aromatic N) is 2. The predicted molar refractivity (Wildman–Crippen MR) is 84.8 cm³/mol. The van der Waals surface area contributed by atoms with E-state index >= 15 is 0 Å². The minimum atomic E-state index is -0.330. The highest BCUT2D eigenvalue weighted by atomic mass is 79.9. The van der Waals surface area contributed by atoms with E-state index in [9.17, 15) is 4.39 Å². The maximum absolute atomic E-state index is 13.1. The van der Waals surface area contributed by atoms with Crippen molar-refractivity contribution in [1.29, 1.82) is 0 Å². The number of aromatic nitrogens is 2. The molecule has 0 saturated carbocycles. The Bertz CT molecular complexity index is 690. The maximum Gasteiger partial charge on any atom is 0.163 e. The average molecular weight is 355 g/mol. The van der Waals surface area contributed by atoms with Crippen molar-refractivity contribution in [3.8, 4) is 0 Å². The third kappa shape index (κ3) is 2.94. The highest BCUT2D eigenvalue weighted by Gasteiger charge is 2.14. The summed E-state index contributed by atoms with van der Waals surface area (Å²) >= 11 is 8.35. The number of benzene rings is 1. The molecule has 0 unspecified atom stereocenters. The Hall–Kier alpha value is -1.60. The Morgan fingerprint density at radius 3 is 2.65 bits per heavy atom. The van der Waals surface area contributed by atoms with E-state index in [1.54, 1.807) is 6.07 Å². The molecular formula is C13H12BrFN4S. The Balaban J connectivity index is 2.48. The standard InChI is InChI=1S/C13H12BrFN4S/c1-6-7(2)18-19-13(11(6)12(16)20)17-10-4-3-8(15)5-9(10)14/h3-5H,1-2H3,(H2,16,20)(H,17,19). The molecule has 0 bridgehead atoms. The van der Waals surface area contributed by atoms with Gasteiger partial charge in [-0.15, -0.1) is 5.10 Å². The molecule has 1 aromatic heterocycles. The normalized spacial score (nSPS) is 10.4. The molecule has 0 spiro atoms. The van der Waals surface area contributed by atoms with Crippen LogP contribution in [0.4, 0.5) is 15.9 Å². The largest absolute Gasteiger partial charge is 0.389 e. The average Bonchev–Trinajstić information content (AvgIpc) is 2.36. The second-order valence-corrected chi connectivity index (χ2v) is 5.54. The number of hydrogen-bond acceptors (Lipinski definition) is 4. The molecule has 0 amide bonds. The summed E-state index contributed by atoms with van der Waals surface area (Å²) in [6.07, 6.45) is 0. The number of rotatable bonds is 3. The zero-order valence-electron chi connectivity index (χ0n) is 10.9. The van der Waals surface area contributed by atoms with Crippen LogP contribution in [0.25, 0.3) is 0 Å². The first-order valence-corrected chi connectivity index (χ1v) is 6.96. The van der Waals surface area contributed by atoms with Gasteiger partial charge in [0.25, 0.3) is 0 Å². The predicted octanol–water partition coefficient (Wildman–Crippen LogP) is 3.37. The first-order valence-electron chi connectivity index (χ1n) is 5.76. The summed E-state index contributed by atoms with van der Waals surface area (Å²) in [4.78, 5) is 0.237. The molecule has 0 aliphatic rings. The van der Waals surface area contributed by atoms with E-state index in [-0.39, 0.29) is 10.8 Å². The van der Waals surface area contributed by atoms with Gasteiger partial charge in [0.2, 0.25) is 0 Å². The smallest absolute Gasteiger partial charge is 0.163 e. The topological polar surface area (TPSA) is 63.8 Å². The molecule has 0 fully saturated rings. The molecule has 0 atom stereocenters. The van der Waals surface area contributed by atoms with E-state index < -0.39 is 0 Å². The molecule has 3 N–H and O–H groups in total. The van der Waals surface area contributed by atoms with Crippen LogP contribution >= 0.6 is 28.1 Å². The van der Waals surface area contributed by atoms with Gasteiger partial charge < -0.3 is 11.1 Å². The van der Waals surface area contributed by atoms with Gasteiger partial charge in [-0.1, -0.05) is 12.2 Å². The van der Waals surface area contributed by atoms with Crippen molar-refractivity contribution in [2.75, 3.05) is 5.32 Å². The third-order valence-electron chi connectivity index (χ3n) is 2.89. The van der Waals surface area contributed by atoms with Gasteiger partial charge in [-0.3, -0.25) is 0 Å². The highest BCUT2D eigenvalue weighted by molar-refractivity contribution is 9.10. The molecule has 1 aromatic carbocycles. The fraction of sp³-hybridized carbons (Fsp3) is 0.154. The zero-order chi connectivity index (χ0) is 14.9. The van der Waals surface area contributed by atoms with Gasteiger partial charge in [-0.2, -0.15) is 5.10 Å². The molecular weight excluding hydrogens is 343 g/mol. The van der Waals surface area contributed by atoms with E-state index in [1.807, 2.05) is 13.8 Å². The van der Waals surface area contributed by atoms with Gasteiger partial charge in [0, 0.05) is 4.47 Å². The summed E-state index contributed by atoms with van der Waals surface area (Å²) in [7, 11) is 0. The van der Waals surface area contributed by atoms with Crippen LogP contribution in [0.15, 0.2) is 22.7 Å². The van der Waals surface area contributed by atoms with Gasteiger partial charge in [0.05, 0.1) is 16.9 Å². The lowest BCUT2D eigenvalue weighted by Gasteiger charge is -2.14. The second-order valence-electron chi connectivity index (χ2n) is 4.25. The Morgan fingerprint density at radius 1 is 1.35 bits per heavy atom. The van der Waals surface area contributed by atoms with E-state index in [0.29, 0.717) is 21.5 Å². The summed E-state index contributed by atoms with van der Waals surface area (Å²) in [5.41, 5.74) is 8.68. The minimum Gasteiger partial charge on any atom is -0.389 e. The van der Waals surface area contributed by atoms with Crippen LogP contribution in [0.3, 0.4) is 0 Å². The van der Waals surface area contributed by atoms with Gasteiger partial charge in [0.1, 0.15) is 10.8 Å². The van der Waals surface area contributed by atoms with Crippen molar-refractivity contribution in [3.63, 3.8) is 0 Å². The van der Waals surface area contributed by atoms with Gasteiger partial charge >= 0.3 is 0 Å². The van der Waals surface area contributed by atoms with Crippen molar-refractivity contribution in [2.45, 2.75) is 13.8 Å². The van der Waals surface area contributed by atoms with Crippen LogP contribution in [0.2, 0.25) is 0 Å². The number of hydrogen-bond donors (Lipinski definition) is 2. The summed E-state index contributed by atoms with van der Waals surface area (Å²) < 4.78 is 13.7. The summed E-state index contributed by atoms with van der Waals surface area (Å²) in [5.74, 6) is 0.121. The lowest BCUT2D eigenvalue weighted by atomic mass is 10.1. The lowest BCUT2D eigenvalue weighted by molar-refractivity contribution is 0.627. The molecule has 0 aliphatic carbocycles. The Morgan fingerprint density at radius 2 is 2.05 bits per heavy atom. The molecule has 104 valence electrons. The van der Waals surface area contributed by atoms with Crippen LogP contribution in [0, 0.1) is 19.7 Å². The van der Waals surface area contributed by atoms with Crippen LogP contribution < -0.4 is 11.1 Å². The zero-order valence-corrected chi connectivity index (χ0v) is 13.3. The van der Waals surface area contributed by atoms with Crippen LogP contribution in [-0.2, 0) is 0 Å². The quantitative estimate of drug-likeness (QED) is 0.827. The van der Waals surface area contributed by atoms with E-state index in [4.69, 9.17) is 18.0 Å². The fourth-order valence-corrected chi connectivity index (χ4v) is 2.42. The number of anilines is 2. The Kier molecular flexibility index (Phi) is 4.29. The molecule has 2 rings (SSSR count). The van der Waals surface area contributed by atoms with Gasteiger partial charge in [-0.25, -0.2) is 4.39 Å². The minimum absolute atomic E-state index is 0.237. The molecule has 7 heteroatoms. The van der Waals surface area contributed by atoms with E-state index in [2.05, 4.69) is 31.4 Å². The number of nitrogens with two attached hydrogens (primary N) is 1. The summed E-state index contributed by atoms with van der Waals surface area (Å²) in [5, 5.41) is 11.2. The Labute approximate surface area is 129 Å². The monoisotopic (exact) mass is 354 g/mol. The number of aryl methyl sites for hydroxylation is 1. The highest BCUT2D eigenvalue weighted by Crippen LogP contribution is 2.28. The van der Waals surface area contributed by atoms with Crippen LogP contribution in [0.5, 0.6) is 0 Å². The summed E-state index contributed by atoms with van der Waals surface area (Å²) in [6, 6.07) is 4.30. The number of thiocarbonyl (C=S) groups is 1. The lowest BCUT2D eigenvalue weighted by Crippen LogP contribution is -2.17. The van der Waals surface area contributed by atoms with Gasteiger partial charge in [0.15, 0.2) is 5.82 Å². The second kappa shape index (κ2) is 5.80. The van der Waals surface area contributed by atoms with Crippen LogP contribution in [0.1, 0.15) is 16.8 Å². The fourth-order valence-electron chi connectivity index (χ4n) is 1.72. The number of halogens is 2. The summed E-state index contributed by atoms with van der Waals surface area (Å²) in [6.45, 7) is 3.71. The molecule has 0 aliphatic heterocycles. The van der Waals surface area contributed by atoms with E-state index in [1.165, 1.54) is 12.1 Å². The van der Waals surface area contributed by atoms with Crippen molar-refractivity contribution >= 4 is 44.6 Å². The molecule has 20 heavy (non-hydrogen) atoms. The molecule has 0 radical (unpaired) electrons. The SMILES string of the molecule is Cc1nnc(Nc2ccc(F)cc2Br)c(C(N)=S)c1C. The van der Waals surface area contributed by atoms with Crippen molar-refractivity contribution in [1.82, 2.24) is 10.2 Å². The van der Waals surface area contributed by atoms with E-state index in [0.717, 1.165) is 11.3 Å². The molecule has 2 aromatic rings. The maximum atomic E-state index is 13.1. The van der Waals surface area contributed by atoms with Gasteiger partial charge in [-0.05, 0) is 53.5 Å². The van der Waals surface area contributed by atoms with Crippen molar-refractivity contribution < 1.29 is 4.39 Å². The van der Waals surface area contributed by atoms with Crippen molar-refractivity contribution in [3.05, 3.63) is 45.3 Å². The number of nitrogens with one attached hydrogen (secondary N) is 1. The first-order chi connectivity index (χ1) is 9.40. The molecule has 4 nitrogen and oxygen atoms in total. The molecule has 1 heterocycles. The first kappa shape index (κ1) is 14.8. The third-order valence-corrected chi connectivity index (χ3v) is 3.75. The molecule has 0 saturated heterocycles. The van der Waals surface area contributed by atoms with Crippen LogP contribution in [-0.4, -0.2) is 15.2 Å².